The van der Waals surface area contributed by atoms with Crippen molar-refractivity contribution in [3.05, 3.63) is 65.8 Å². The van der Waals surface area contributed by atoms with Crippen LogP contribution in [-0.4, -0.2) is 15.5 Å². The van der Waals surface area contributed by atoms with E-state index in [1.807, 2.05) is 24.3 Å². The summed E-state index contributed by atoms with van der Waals surface area (Å²) in [6.07, 6.45) is 2.89. The minimum absolute atomic E-state index is 0.110. The van der Waals surface area contributed by atoms with E-state index in [-0.39, 0.29) is 16.8 Å². The summed E-state index contributed by atoms with van der Waals surface area (Å²) < 4.78 is 20.2. The predicted molar refractivity (Wildman–Crippen MR) is 95.9 cm³/mol. The number of hydrogen-bond donors (Lipinski definition) is 1. The Morgan fingerprint density at radius 2 is 1.92 bits per heavy atom. The van der Waals surface area contributed by atoms with Crippen LogP contribution in [0.1, 0.15) is 0 Å². The highest BCUT2D eigenvalue weighted by atomic mass is 35.5. The number of rotatable bonds is 3. The maximum absolute atomic E-state index is 14.7. The largest absolute Gasteiger partial charge is 0.436 e. The number of para-hydroxylation sites is 1. The SMILES string of the molecule is NC1Sc2ccccc2N1c1ccc(Oc2nccnc2Cl)cc1F. The quantitative estimate of drug-likeness (QED) is 0.725. The van der Waals surface area contributed by atoms with Gasteiger partial charge in [-0.1, -0.05) is 35.5 Å². The zero-order valence-electron chi connectivity index (χ0n) is 12.8. The minimum atomic E-state index is -0.453. The van der Waals surface area contributed by atoms with E-state index in [0.717, 1.165) is 10.6 Å². The van der Waals surface area contributed by atoms with E-state index >= 15 is 0 Å². The molecule has 0 spiro atoms. The second-order valence-electron chi connectivity index (χ2n) is 5.21. The lowest BCUT2D eigenvalue weighted by Crippen LogP contribution is -2.32. The van der Waals surface area contributed by atoms with Crippen molar-refractivity contribution in [2.24, 2.45) is 5.73 Å². The number of benzene rings is 2. The number of nitrogens with two attached hydrogens (primary N) is 1. The molecule has 2 heterocycles. The second kappa shape index (κ2) is 6.51. The molecular formula is C17H12ClFN4OS. The van der Waals surface area contributed by atoms with Gasteiger partial charge in [0.2, 0.25) is 0 Å². The molecule has 5 nitrogen and oxygen atoms in total. The summed E-state index contributed by atoms with van der Waals surface area (Å²) in [6, 6.07) is 12.2. The Kier molecular flexibility index (Phi) is 4.20. The zero-order valence-corrected chi connectivity index (χ0v) is 14.3. The van der Waals surface area contributed by atoms with Gasteiger partial charge in [0.1, 0.15) is 11.2 Å². The van der Waals surface area contributed by atoms with Crippen molar-refractivity contribution in [2.75, 3.05) is 4.90 Å². The van der Waals surface area contributed by atoms with Crippen LogP contribution >= 0.6 is 23.4 Å². The Bertz CT molecular complexity index is 942. The molecule has 1 atom stereocenters. The van der Waals surface area contributed by atoms with Crippen molar-refractivity contribution in [3.8, 4) is 11.6 Å². The normalized spacial score (nSPS) is 16.0. The molecule has 2 N–H and O–H groups in total. The lowest BCUT2D eigenvalue weighted by Gasteiger charge is -2.24. The van der Waals surface area contributed by atoms with E-state index < -0.39 is 11.3 Å². The lowest BCUT2D eigenvalue weighted by atomic mass is 10.2. The molecule has 25 heavy (non-hydrogen) atoms. The first kappa shape index (κ1) is 16.1. The summed E-state index contributed by atoms with van der Waals surface area (Å²) in [5.41, 5.74) is 7.03. The van der Waals surface area contributed by atoms with Crippen LogP contribution in [0.4, 0.5) is 15.8 Å². The van der Waals surface area contributed by atoms with Gasteiger partial charge in [0.05, 0.1) is 11.4 Å². The lowest BCUT2D eigenvalue weighted by molar-refractivity contribution is 0.456. The van der Waals surface area contributed by atoms with E-state index in [9.17, 15) is 4.39 Å². The number of halogens is 2. The maximum atomic E-state index is 14.7. The van der Waals surface area contributed by atoms with Crippen molar-refractivity contribution in [2.45, 2.75) is 10.4 Å². The summed E-state index contributed by atoms with van der Waals surface area (Å²) in [6.45, 7) is 0. The van der Waals surface area contributed by atoms with Crippen molar-refractivity contribution in [3.63, 3.8) is 0 Å². The van der Waals surface area contributed by atoms with Crippen LogP contribution in [0.15, 0.2) is 59.8 Å². The van der Waals surface area contributed by atoms with Crippen molar-refractivity contribution >= 4 is 34.7 Å². The average Bonchev–Trinajstić information content (AvgIpc) is 2.93. The zero-order chi connectivity index (χ0) is 17.4. The molecule has 126 valence electrons. The first-order chi connectivity index (χ1) is 12.1. The van der Waals surface area contributed by atoms with E-state index in [2.05, 4.69) is 9.97 Å². The fourth-order valence-corrected chi connectivity index (χ4v) is 3.76. The molecule has 4 rings (SSSR count). The van der Waals surface area contributed by atoms with Crippen LogP contribution in [0.3, 0.4) is 0 Å². The van der Waals surface area contributed by atoms with Gasteiger partial charge in [-0.2, -0.15) is 0 Å². The third kappa shape index (κ3) is 3.02. The van der Waals surface area contributed by atoms with Crippen molar-refractivity contribution in [1.82, 2.24) is 9.97 Å². The summed E-state index contributed by atoms with van der Waals surface area (Å²) in [5.74, 6) is -0.0577. The van der Waals surface area contributed by atoms with Crippen LogP contribution in [0, 0.1) is 5.82 Å². The molecule has 1 aromatic heterocycles. The Morgan fingerprint density at radius 3 is 2.72 bits per heavy atom. The van der Waals surface area contributed by atoms with Gasteiger partial charge in [-0.25, -0.2) is 14.4 Å². The number of fused-ring (bicyclic) bond motifs is 1. The number of ether oxygens (including phenoxy) is 1. The van der Waals surface area contributed by atoms with Crippen LogP contribution in [0.2, 0.25) is 5.15 Å². The molecule has 0 saturated heterocycles. The van der Waals surface area contributed by atoms with Gasteiger partial charge >= 0.3 is 0 Å². The van der Waals surface area contributed by atoms with E-state index in [4.69, 9.17) is 22.1 Å². The topological polar surface area (TPSA) is 64.3 Å². The first-order valence-corrected chi connectivity index (χ1v) is 8.63. The molecule has 1 aliphatic heterocycles. The average molecular weight is 375 g/mol. The van der Waals surface area contributed by atoms with Crippen LogP contribution in [0.25, 0.3) is 0 Å². The van der Waals surface area contributed by atoms with Crippen LogP contribution in [0.5, 0.6) is 11.6 Å². The summed E-state index contributed by atoms with van der Waals surface area (Å²) >= 11 is 7.39. The Balaban J connectivity index is 1.66. The van der Waals surface area contributed by atoms with Gasteiger partial charge in [-0.15, -0.1) is 0 Å². The Morgan fingerprint density at radius 1 is 1.12 bits per heavy atom. The fourth-order valence-electron chi connectivity index (χ4n) is 2.58. The number of thioether (sulfide) groups is 1. The number of hydrogen-bond acceptors (Lipinski definition) is 6. The van der Waals surface area contributed by atoms with Gasteiger partial charge in [0.15, 0.2) is 11.0 Å². The predicted octanol–water partition coefficient (Wildman–Crippen LogP) is 4.55. The third-order valence-electron chi connectivity index (χ3n) is 3.64. The molecule has 0 radical (unpaired) electrons. The van der Waals surface area contributed by atoms with Gasteiger partial charge in [0, 0.05) is 23.4 Å². The molecule has 0 saturated carbocycles. The minimum Gasteiger partial charge on any atom is -0.436 e. The maximum Gasteiger partial charge on any atom is 0.257 e. The molecule has 1 aliphatic rings. The van der Waals surface area contributed by atoms with Gasteiger partial charge in [0.25, 0.3) is 5.88 Å². The number of anilines is 2. The molecular weight excluding hydrogens is 363 g/mol. The summed E-state index contributed by atoms with van der Waals surface area (Å²) in [4.78, 5) is 10.6. The highest BCUT2D eigenvalue weighted by Crippen LogP contribution is 2.46. The molecule has 0 fully saturated rings. The molecule has 0 bridgehead atoms. The summed E-state index contributed by atoms with van der Waals surface area (Å²) in [7, 11) is 0. The van der Waals surface area contributed by atoms with Crippen LogP contribution in [-0.2, 0) is 0 Å². The van der Waals surface area contributed by atoms with Crippen molar-refractivity contribution < 1.29 is 9.13 Å². The Labute approximate surface area is 152 Å². The smallest absolute Gasteiger partial charge is 0.257 e. The molecule has 8 heteroatoms. The number of aromatic nitrogens is 2. The monoisotopic (exact) mass is 374 g/mol. The van der Waals surface area contributed by atoms with E-state index in [1.54, 1.807) is 17.0 Å². The number of nitrogens with zero attached hydrogens (tertiary/aromatic N) is 3. The molecule has 2 aromatic carbocycles. The molecule has 0 amide bonds. The first-order valence-electron chi connectivity index (χ1n) is 7.38. The van der Waals surface area contributed by atoms with Gasteiger partial charge in [-0.05, 0) is 24.3 Å². The second-order valence-corrected chi connectivity index (χ2v) is 6.73. The van der Waals surface area contributed by atoms with E-state index in [0.29, 0.717) is 5.69 Å². The highest BCUT2D eigenvalue weighted by molar-refractivity contribution is 8.00. The van der Waals surface area contributed by atoms with Crippen molar-refractivity contribution in [1.29, 1.82) is 0 Å². The standard InChI is InChI=1S/C17H12ClFN4OS/c18-15-16(22-8-7-21-15)24-10-5-6-12(11(19)9-10)23-13-3-1-2-4-14(13)25-17(23)20/h1-9,17H,20H2. The van der Waals surface area contributed by atoms with Crippen LogP contribution < -0.4 is 15.4 Å². The highest BCUT2D eigenvalue weighted by Gasteiger charge is 2.30. The fraction of sp³-hybridized carbons (Fsp3) is 0.0588. The Hall–Kier alpha value is -2.35. The third-order valence-corrected chi connectivity index (χ3v) is 4.95. The summed E-state index contributed by atoms with van der Waals surface area (Å²) in [5, 5.41) is 0.110. The van der Waals surface area contributed by atoms with E-state index in [1.165, 1.54) is 30.2 Å². The molecule has 3 aromatic rings. The van der Waals surface area contributed by atoms with Gasteiger partial charge in [-0.3, -0.25) is 0 Å². The molecule has 1 unspecified atom stereocenters. The molecule has 0 aliphatic carbocycles. The van der Waals surface area contributed by atoms with Gasteiger partial charge < -0.3 is 15.4 Å².